The van der Waals surface area contributed by atoms with Gasteiger partial charge in [0.25, 0.3) is 0 Å². The summed E-state index contributed by atoms with van der Waals surface area (Å²) in [6.45, 7) is 3.64. The van der Waals surface area contributed by atoms with Crippen LogP contribution < -0.4 is 10.2 Å². The number of nitrogens with one attached hydrogen (secondary N) is 1. The number of rotatable bonds is 3. The highest BCUT2D eigenvalue weighted by molar-refractivity contribution is 9.10. The van der Waals surface area contributed by atoms with Gasteiger partial charge < -0.3 is 10.2 Å². The van der Waals surface area contributed by atoms with Crippen LogP contribution >= 0.6 is 27.3 Å². The fourth-order valence-corrected chi connectivity index (χ4v) is 4.42. The van der Waals surface area contributed by atoms with Gasteiger partial charge in [-0.25, -0.2) is 9.97 Å². The van der Waals surface area contributed by atoms with Crippen LogP contribution in [0.15, 0.2) is 41.0 Å². The third-order valence-corrected chi connectivity index (χ3v) is 6.57. The molecule has 3 aromatic rings. The molecular weight excluding hydrogens is 412 g/mol. The number of hydrogen-bond donors (Lipinski definition) is 1. The molecule has 0 saturated carbocycles. The monoisotopic (exact) mass is 430 g/mol. The van der Waals surface area contributed by atoms with Gasteiger partial charge in [-0.2, -0.15) is 0 Å². The van der Waals surface area contributed by atoms with Crippen LogP contribution in [-0.4, -0.2) is 29.0 Å². The lowest BCUT2D eigenvalue weighted by molar-refractivity contribution is -0.120. The van der Waals surface area contributed by atoms with E-state index in [9.17, 15) is 4.79 Å². The lowest BCUT2D eigenvalue weighted by atomic mass is 9.97. The van der Waals surface area contributed by atoms with Gasteiger partial charge in [0, 0.05) is 29.4 Å². The Morgan fingerprint density at radius 1 is 1.38 bits per heavy atom. The number of pyridine rings is 1. The van der Waals surface area contributed by atoms with Crippen LogP contribution in [0.5, 0.6) is 0 Å². The molecule has 1 saturated heterocycles. The molecule has 26 heavy (non-hydrogen) atoms. The first kappa shape index (κ1) is 17.4. The molecule has 134 valence electrons. The molecule has 7 heteroatoms. The van der Waals surface area contributed by atoms with Crippen molar-refractivity contribution in [3.05, 3.63) is 46.6 Å². The Morgan fingerprint density at radius 2 is 2.27 bits per heavy atom. The van der Waals surface area contributed by atoms with E-state index in [0.717, 1.165) is 50.6 Å². The topological polar surface area (TPSA) is 58.1 Å². The van der Waals surface area contributed by atoms with Crippen molar-refractivity contribution in [1.82, 2.24) is 9.97 Å². The second-order valence-corrected chi connectivity index (χ2v) is 8.37. The van der Waals surface area contributed by atoms with Gasteiger partial charge in [-0.1, -0.05) is 27.3 Å². The molecule has 1 aromatic carbocycles. The lowest BCUT2D eigenvalue weighted by Crippen LogP contribution is -2.40. The van der Waals surface area contributed by atoms with Gasteiger partial charge >= 0.3 is 0 Å². The molecule has 4 rings (SSSR count). The molecule has 3 heterocycles. The van der Waals surface area contributed by atoms with Gasteiger partial charge in [-0.15, -0.1) is 0 Å². The molecule has 2 aromatic heterocycles. The number of aryl methyl sites for hydroxylation is 1. The second-order valence-electron chi connectivity index (χ2n) is 6.56. The Bertz CT molecular complexity index is 925. The third kappa shape index (κ3) is 3.59. The number of thiazole rings is 1. The summed E-state index contributed by atoms with van der Waals surface area (Å²) in [6, 6.07) is 9.76. The minimum absolute atomic E-state index is 0.0346. The van der Waals surface area contributed by atoms with Crippen LogP contribution in [0, 0.1) is 12.8 Å². The highest BCUT2D eigenvalue weighted by Crippen LogP contribution is 2.31. The van der Waals surface area contributed by atoms with E-state index in [1.807, 2.05) is 37.3 Å². The van der Waals surface area contributed by atoms with Gasteiger partial charge in [0.15, 0.2) is 5.13 Å². The fraction of sp³-hybridized carbons (Fsp3) is 0.316. The summed E-state index contributed by atoms with van der Waals surface area (Å²) in [5, 5.41) is 4.02. The summed E-state index contributed by atoms with van der Waals surface area (Å²) in [7, 11) is 0. The number of aromatic nitrogens is 2. The maximum atomic E-state index is 12.7. The minimum Gasteiger partial charge on any atom is -0.347 e. The summed E-state index contributed by atoms with van der Waals surface area (Å²) >= 11 is 5.08. The molecule has 0 aliphatic carbocycles. The van der Waals surface area contributed by atoms with E-state index in [4.69, 9.17) is 0 Å². The number of piperidine rings is 1. The summed E-state index contributed by atoms with van der Waals surface area (Å²) in [4.78, 5) is 24.9. The molecule has 5 nitrogen and oxygen atoms in total. The van der Waals surface area contributed by atoms with Crippen LogP contribution in [-0.2, 0) is 4.79 Å². The van der Waals surface area contributed by atoms with Crippen molar-refractivity contribution in [3.63, 3.8) is 0 Å². The minimum atomic E-state index is -0.0346. The zero-order valence-corrected chi connectivity index (χ0v) is 16.8. The second kappa shape index (κ2) is 7.32. The summed E-state index contributed by atoms with van der Waals surface area (Å²) in [5.74, 6) is 0.0448. The van der Waals surface area contributed by atoms with Gasteiger partial charge in [-0.05, 0) is 55.7 Å². The Balaban J connectivity index is 1.47. The summed E-state index contributed by atoms with van der Waals surface area (Å²) in [6.07, 6.45) is 3.68. The Labute approximate surface area is 164 Å². The number of anilines is 2. The van der Waals surface area contributed by atoms with Gasteiger partial charge in [-0.3, -0.25) is 4.79 Å². The predicted molar refractivity (Wildman–Crippen MR) is 110 cm³/mol. The zero-order chi connectivity index (χ0) is 18.1. The van der Waals surface area contributed by atoms with E-state index in [1.54, 1.807) is 17.5 Å². The smallest absolute Gasteiger partial charge is 0.229 e. The predicted octanol–water partition coefficient (Wildman–Crippen LogP) is 4.62. The summed E-state index contributed by atoms with van der Waals surface area (Å²) in [5.41, 5.74) is 2.87. The molecule has 0 unspecified atom stereocenters. The molecule has 1 amide bonds. The average Bonchev–Trinajstić information content (AvgIpc) is 3.09. The highest BCUT2D eigenvalue weighted by atomic mass is 79.9. The molecule has 1 fully saturated rings. The van der Waals surface area contributed by atoms with Crippen molar-refractivity contribution in [3.8, 4) is 0 Å². The number of amides is 1. The largest absolute Gasteiger partial charge is 0.347 e. The van der Waals surface area contributed by atoms with E-state index in [1.165, 1.54) is 0 Å². The number of halogens is 1. The SMILES string of the molecule is Cc1cc(NC(=O)[C@H]2CCCN(c3nc4cccnc4s3)C2)ccc1Br. The number of hydrogen-bond acceptors (Lipinski definition) is 5. The lowest BCUT2D eigenvalue weighted by Gasteiger charge is -2.31. The Kier molecular flexibility index (Phi) is 4.91. The van der Waals surface area contributed by atoms with Crippen molar-refractivity contribution in [2.75, 3.05) is 23.3 Å². The first-order chi connectivity index (χ1) is 12.6. The van der Waals surface area contributed by atoms with E-state index in [-0.39, 0.29) is 11.8 Å². The van der Waals surface area contributed by atoms with Crippen LogP contribution in [0.1, 0.15) is 18.4 Å². The first-order valence-corrected chi connectivity index (χ1v) is 10.2. The van der Waals surface area contributed by atoms with E-state index in [0.29, 0.717) is 6.54 Å². The molecule has 1 N–H and O–H groups in total. The number of carbonyl (C=O) groups excluding carboxylic acids is 1. The molecular formula is C19H19BrN4OS. The van der Waals surface area contributed by atoms with Crippen molar-refractivity contribution < 1.29 is 4.79 Å². The fourth-order valence-electron chi connectivity index (χ4n) is 3.23. The number of fused-ring (bicyclic) bond motifs is 1. The molecule has 0 radical (unpaired) electrons. The average molecular weight is 431 g/mol. The standard InChI is InChI=1S/C19H19BrN4OS/c1-12-10-14(6-7-15(12)20)22-17(25)13-4-3-9-24(11-13)19-23-16-5-2-8-21-18(16)26-19/h2,5-8,10,13H,3-4,9,11H2,1H3,(H,22,25)/t13-/m0/s1. The number of benzene rings is 1. The molecule has 1 atom stereocenters. The Morgan fingerprint density at radius 3 is 3.08 bits per heavy atom. The van der Waals surface area contributed by atoms with Gasteiger partial charge in [0.05, 0.1) is 5.92 Å². The van der Waals surface area contributed by atoms with Crippen LogP contribution in [0.2, 0.25) is 0 Å². The van der Waals surface area contributed by atoms with Crippen molar-refractivity contribution >= 4 is 54.3 Å². The summed E-state index contributed by atoms with van der Waals surface area (Å²) < 4.78 is 1.05. The molecule has 1 aliphatic rings. The molecule has 0 spiro atoms. The van der Waals surface area contributed by atoms with Crippen LogP contribution in [0.4, 0.5) is 10.8 Å². The first-order valence-electron chi connectivity index (χ1n) is 8.63. The quantitative estimate of drug-likeness (QED) is 0.658. The maximum Gasteiger partial charge on any atom is 0.229 e. The Hall–Kier alpha value is -1.99. The normalized spacial score (nSPS) is 17.5. The van der Waals surface area contributed by atoms with Gasteiger partial charge in [0.2, 0.25) is 5.91 Å². The maximum absolute atomic E-state index is 12.7. The highest BCUT2D eigenvalue weighted by Gasteiger charge is 2.27. The molecule has 0 bridgehead atoms. The van der Waals surface area contributed by atoms with E-state index in [2.05, 4.69) is 36.1 Å². The van der Waals surface area contributed by atoms with Crippen molar-refractivity contribution in [1.29, 1.82) is 0 Å². The zero-order valence-electron chi connectivity index (χ0n) is 14.4. The van der Waals surface area contributed by atoms with Crippen LogP contribution in [0.25, 0.3) is 10.3 Å². The van der Waals surface area contributed by atoms with Crippen LogP contribution in [0.3, 0.4) is 0 Å². The molecule has 1 aliphatic heterocycles. The van der Waals surface area contributed by atoms with E-state index >= 15 is 0 Å². The van der Waals surface area contributed by atoms with Crippen molar-refractivity contribution in [2.45, 2.75) is 19.8 Å². The van der Waals surface area contributed by atoms with Gasteiger partial charge in [0.1, 0.15) is 10.3 Å². The van der Waals surface area contributed by atoms with Crippen molar-refractivity contribution in [2.24, 2.45) is 5.92 Å². The third-order valence-electron chi connectivity index (χ3n) is 4.64. The number of carbonyl (C=O) groups is 1. The van der Waals surface area contributed by atoms with E-state index < -0.39 is 0 Å². The number of nitrogens with zero attached hydrogens (tertiary/aromatic N) is 3.